The number of non-ortho nitro benzene ring substituents is 1. The third-order valence-corrected chi connectivity index (χ3v) is 5.04. The fourth-order valence-corrected chi connectivity index (χ4v) is 4.02. The lowest BCUT2D eigenvalue weighted by Crippen LogP contribution is -2.48. The zero-order chi connectivity index (χ0) is 21.3. The van der Waals surface area contributed by atoms with Crippen LogP contribution in [0.1, 0.15) is 48.4 Å². The second-order valence-corrected chi connectivity index (χ2v) is 7.96. The van der Waals surface area contributed by atoms with Crippen LogP contribution in [0.25, 0.3) is 0 Å². The minimum atomic E-state index is -0.581. The molecule has 0 spiro atoms. The highest BCUT2D eigenvalue weighted by molar-refractivity contribution is 6.00. The Kier molecular flexibility index (Phi) is 6.18. The van der Waals surface area contributed by atoms with Crippen molar-refractivity contribution in [3.63, 3.8) is 0 Å². The van der Waals surface area contributed by atoms with Crippen molar-refractivity contribution in [2.45, 2.75) is 52.1 Å². The molecular weight excluding hydrogens is 378 g/mol. The Labute approximate surface area is 169 Å². The Morgan fingerprint density at radius 1 is 0.828 bits per heavy atom. The maximum Gasteiger partial charge on any atom is 0.271 e. The van der Waals surface area contributed by atoms with Crippen LogP contribution in [-0.2, 0) is 9.47 Å². The highest BCUT2D eigenvalue weighted by atomic mass is 16.6. The van der Waals surface area contributed by atoms with Gasteiger partial charge in [-0.05, 0) is 33.8 Å². The number of hydrogen-bond acceptors (Lipinski definition) is 6. The molecule has 9 heteroatoms. The van der Waals surface area contributed by atoms with Gasteiger partial charge in [-0.2, -0.15) is 0 Å². The molecule has 9 nitrogen and oxygen atoms in total. The zero-order valence-electron chi connectivity index (χ0n) is 17.2. The molecule has 0 saturated carbocycles. The highest BCUT2D eigenvalue weighted by Crippen LogP contribution is 2.23. The SMILES string of the molecule is C[C@@H]1CN(C(=O)c2cc(C(=O)N3C[C@@H](C)O[C@H](C)C3)cc([N+](=O)[O-])c2)C[C@@H](C)O1. The summed E-state index contributed by atoms with van der Waals surface area (Å²) in [7, 11) is 0. The van der Waals surface area contributed by atoms with Gasteiger partial charge in [-0.3, -0.25) is 19.7 Å². The first kappa shape index (κ1) is 21.2. The largest absolute Gasteiger partial charge is 0.372 e. The summed E-state index contributed by atoms with van der Waals surface area (Å²) in [6.45, 7) is 9.08. The van der Waals surface area contributed by atoms with Gasteiger partial charge in [0.1, 0.15) is 0 Å². The van der Waals surface area contributed by atoms with Crippen LogP contribution in [0.4, 0.5) is 5.69 Å². The van der Waals surface area contributed by atoms with Gasteiger partial charge in [0.25, 0.3) is 17.5 Å². The van der Waals surface area contributed by atoms with Crippen LogP contribution >= 0.6 is 0 Å². The lowest BCUT2D eigenvalue weighted by atomic mass is 10.1. The number of amides is 2. The van der Waals surface area contributed by atoms with Gasteiger partial charge in [-0.25, -0.2) is 0 Å². The Morgan fingerprint density at radius 2 is 1.17 bits per heavy atom. The molecule has 29 heavy (non-hydrogen) atoms. The number of benzene rings is 1. The number of nitrogens with zero attached hydrogens (tertiary/aromatic N) is 3. The molecular formula is C20H27N3O6. The molecule has 0 N–H and O–H groups in total. The van der Waals surface area contributed by atoms with Gasteiger partial charge < -0.3 is 19.3 Å². The molecule has 3 rings (SSSR count). The van der Waals surface area contributed by atoms with E-state index in [9.17, 15) is 19.7 Å². The molecule has 4 atom stereocenters. The number of morpholine rings is 2. The van der Waals surface area contributed by atoms with E-state index in [0.717, 1.165) is 0 Å². The van der Waals surface area contributed by atoms with Crippen LogP contribution in [0, 0.1) is 10.1 Å². The summed E-state index contributed by atoms with van der Waals surface area (Å²) < 4.78 is 11.3. The van der Waals surface area contributed by atoms with Gasteiger partial charge in [0.2, 0.25) is 0 Å². The van der Waals surface area contributed by atoms with Crippen molar-refractivity contribution >= 4 is 17.5 Å². The minimum Gasteiger partial charge on any atom is -0.372 e. The second-order valence-electron chi connectivity index (χ2n) is 7.96. The smallest absolute Gasteiger partial charge is 0.271 e. The monoisotopic (exact) mass is 405 g/mol. The van der Waals surface area contributed by atoms with Gasteiger partial charge in [0, 0.05) is 49.4 Å². The number of rotatable bonds is 3. The van der Waals surface area contributed by atoms with Crippen molar-refractivity contribution in [1.29, 1.82) is 0 Å². The van der Waals surface area contributed by atoms with Gasteiger partial charge in [-0.1, -0.05) is 0 Å². The van der Waals surface area contributed by atoms with Crippen LogP contribution in [0.3, 0.4) is 0 Å². The number of carbonyl (C=O) groups excluding carboxylic acids is 2. The number of nitro groups is 1. The first-order valence-electron chi connectivity index (χ1n) is 9.83. The molecule has 0 aromatic heterocycles. The van der Waals surface area contributed by atoms with E-state index in [1.807, 2.05) is 27.7 Å². The predicted molar refractivity (Wildman–Crippen MR) is 105 cm³/mol. The summed E-state index contributed by atoms with van der Waals surface area (Å²) >= 11 is 0. The van der Waals surface area contributed by atoms with Gasteiger partial charge in [-0.15, -0.1) is 0 Å². The van der Waals surface area contributed by atoms with E-state index in [0.29, 0.717) is 26.2 Å². The highest BCUT2D eigenvalue weighted by Gasteiger charge is 2.31. The van der Waals surface area contributed by atoms with Gasteiger partial charge >= 0.3 is 0 Å². The van der Waals surface area contributed by atoms with Crippen LogP contribution in [-0.4, -0.2) is 77.1 Å². The number of carbonyl (C=O) groups is 2. The quantitative estimate of drug-likeness (QED) is 0.564. The third-order valence-electron chi connectivity index (χ3n) is 5.04. The average Bonchev–Trinajstić information content (AvgIpc) is 2.64. The fraction of sp³-hybridized carbons (Fsp3) is 0.600. The summed E-state index contributed by atoms with van der Waals surface area (Å²) in [6.07, 6.45) is -0.504. The van der Waals surface area contributed by atoms with Gasteiger partial charge in [0.05, 0.1) is 29.3 Å². The molecule has 2 aliphatic rings. The Bertz CT molecular complexity index is 737. The Balaban J connectivity index is 1.90. The molecule has 2 saturated heterocycles. The molecule has 2 amide bonds. The Hall–Kier alpha value is -2.52. The third kappa shape index (κ3) is 4.91. The maximum absolute atomic E-state index is 13.0. The molecule has 0 unspecified atom stereocenters. The first-order chi connectivity index (χ1) is 13.6. The van der Waals surface area contributed by atoms with Crippen LogP contribution in [0.5, 0.6) is 0 Å². The van der Waals surface area contributed by atoms with E-state index in [2.05, 4.69) is 0 Å². The summed E-state index contributed by atoms with van der Waals surface area (Å²) in [6, 6.07) is 3.91. The molecule has 0 bridgehead atoms. The number of ether oxygens (including phenoxy) is 2. The van der Waals surface area contributed by atoms with E-state index in [-0.39, 0.29) is 53.0 Å². The molecule has 2 heterocycles. The number of hydrogen-bond donors (Lipinski definition) is 0. The van der Waals surface area contributed by atoms with Crippen molar-refractivity contribution in [3.05, 3.63) is 39.4 Å². The van der Waals surface area contributed by atoms with E-state index in [4.69, 9.17) is 9.47 Å². The standard InChI is InChI=1S/C20H27N3O6/c1-12-8-21(9-13(2)28-12)19(24)16-5-17(7-18(6-16)23(26)27)20(25)22-10-14(3)29-15(4)11-22/h5-7,12-15H,8-11H2,1-4H3/t12-,13-,14-,15-/m1/s1. The normalized spacial score (nSPS) is 27.6. The lowest BCUT2D eigenvalue weighted by Gasteiger charge is -2.36. The zero-order valence-corrected chi connectivity index (χ0v) is 17.2. The topological polar surface area (TPSA) is 102 Å². The summed E-state index contributed by atoms with van der Waals surface area (Å²) in [5, 5.41) is 11.4. The lowest BCUT2D eigenvalue weighted by molar-refractivity contribution is -0.384. The summed E-state index contributed by atoms with van der Waals surface area (Å²) in [5.41, 5.74) is -0.000625. The van der Waals surface area contributed by atoms with E-state index < -0.39 is 4.92 Å². The molecule has 158 valence electrons. The summed E-state index contributed by atoms with van der Waals surface area (Å²) in [4.78, 5) is 40.1. The molecule has 0 radical (unpaired) electrons. The number of nitro benzene ring substituents is 1. The van der Waals surface area contributed by atoms with E-state index in [1.165, 1.54) is 18.2 Å². The first-order valence-corrected chi connectivity index (χ1v) is 9.83. The molecule has 0 aliphatic carbocycles. The van der Waals surface area contributed by atoms with Crippen LogP contribution in [0.15, 0.2) is 18.2 Å². The molecule has 2 aliphatic heterocycles. The van der Waals surface area contributed by atoms with Gasteiger partial charge in [0.15, 0.2) is 0 Å². The second kappa shape index (κ2) is 8.46. The van der Waals surface area contributed by atoms with Crippen LogP contribution < -0.4 is 0 Å². The van der Waals surface area contributed by atoms with E-state index >= 15 is 0 Å². The van der Waals surface area contributed by atoms with Crippen molar-refractivity contribution in [2.24, 2.45) is 0 Å². The van der Waals surface area contributed by atoms with Crippen molar-refractivity contribution in [3.8, 4) is 0 Å². The van der Waals surface area contributed by atoms with Crippen molar-refractivity contribution in [1.82, 2.24) is 9.80 Å². The summed E-state index contributed by atoms with van der Waals surface area (Å²) in [5.74, 6) is -0.679. The Morgan fingerprint density at radius 3 is 1.48 bits per heavy atom. The molecule has 1 aromatic rings. The average molecular weight is 405 g/mol. The van der Waals surface area contributed by atoms with Crippen LogP contribution in [0.2, 0.25) is 0 Å². The predicted octanol–water partition coefficient (Wildman–Crippen LogP) is 2.09. The maximum atomic E-state index is 13.0. The molecule has 1 aromatic carbocycles. The van der Waals surface area contributed by atoms with Crippen molar-refractivity contribution < 1.29 is 24.0 Å². The fourth-order valence-electron chi connectivity index (χ4n) is 4.02. The minimum absolute atomic E-state index is 0.126. The van der Waals surface area contributed by atoms with Crippen molar-refractivity contribution in [2.75, 3.05) is 26.2 Å². The van der Waals surface area contributed by atoms with E-state index in [1.54, 1.807) is 9.80 Å². The molecule has 2 fully saturated rings.